The van der Waals surface area contributed by atoms with E-state index in [-0.39, 0.29) is 11.4 Å². The van der Waals surface area contributed by atoms with Crippen molar-refractivity contribution in [1.82, 2.24) is 4.90 Å². The van der Waals surface area contributed by atoms with E-state index in [2.05, 4.69) is 0 Å². The molecule has 0 aromatic rings. The van der Waals surface area contributed by atoms with E-state index in [0.29, 0.717) is 12.5 Å². The molecule has 0 aromatic heterocycles. The number of nitrogens with two attached hydrogens (primary N) is 1. The molecule has 0 aliphatic carbocycles. The SMILES string of the molecule is CN(C(=O)CCC(C)(C)N)C1CCSC1. The summed E-state index contributed by atoms with van der Waals surface area (Å²) in [4.78, 5) is 13.7. The van der Waals surface area contributed by atoms with E-state index in [0.717, 1.165) is 18.6 Å². The lowest BCUT2D eigenvalue weighted by atomic mass is 9.99. The molecule has 1 atom stereocenters. The van der Waals surface area contributed by atoms with Gasteiger partial charge in [-0.25, -0.2) is 0 Å². The lowest BCUT2D eigenvalue weighted by Crippen LogP contribution is -2.39. The number of carbonyl (C=O) groups excluding carboxylic acids is 1. The molecule has 0 aromatic carbocycles. The molecule has 0 radical (unpaired) electrons. The van der Waals surface area contributed by atoms with Gasteiger partial charge in [0.2, 0.25) is 5.91 Å². The number of rotatable bonds is 4. The molecule has 0 saturated carbocycles. The molecule has 0 bridgehead atoms. The van der Waals surface area contributed by atoms with E-state index in [1.807, 2.05) is 37.6 Å². The fraction of sp³-hybridized carbons (Fsp3) is 0.909. The molecule has 0 spiro atoms. The predicted molar refractivity (Wildman–Crippen MR) is 66.0 cm³/mol. The molecule has 1 saturated heterocycles. The van der Waals surface area contributed by atoms with Crippen molar-refractivity contribution in [3.05, 3.63) is 0 Å². The third-order valence-corrected chi connectivity index (χ3v) is 3.97. The number of hydrogen-bond acceptors (Lipinski definition) is 3. The van der Waals surface area contributed by atoms with Crippen molar-refractivity contribution in [3.8, 4) is 0 Å². The Balaban J connectivity index is 2.32. The van der Waals surface area contributed by atoms with Crippen molar-refractivity contribution in [2.45, 2.75) is 44.7 Å². The average molecular weight is 230 g/mol. The van der Waals surface area contributed by atoms with Gasteiger partial charge in [-0.2, -0.15) is 11.8 Å². The van der Waals surface area contributed by atoms with E-state index in [9.17, 15) is 4.79 Å². The Morgan fingerprint density at radius 1 is 1.60 bits per heavy atom. The van der Waals surface area contributed by atoms with Crippen LogP contribution in [-0.2, 0) is 4.79 Å². The van der Waals surface area contributed by atoms with E-state index < -0.39 is 0 Å². The molecule has 1 heterocycles. The summed E-state index contributed by atoms with van der Waals surface area (Å²) in [6, 6.07) is 0.448. The second-order valence-electron chi connectivity index (χ2n) is 5.01. The Morgan fingerprint density at radius 3 is 2.73 bits per heavy atom. The van der Waals surface area contributed by atoms with Crippen molar-refractivity contribution in [2.24, 2.45) is 5.73 Å². The van der Waals surface area contributed by atoms with Crippen LogP contribution in [0.25, 0.3) is 0 Å². The van der Waals surface area contributed by atoms with E-state index in [4.69, 9.17) is 5.73 Å². The van der Waals surface area contributed by atoms with Crippen LogP contribution in [0.5, 0.6) is 0 Å². The van der Waals surface area contributed by atoms with Gasteiger partial charge in [-0.15, -0.1) is 0 Å². The second-order valence-corrected chi connectivity index (χ2v) is 6.16. The molecule has 1 fully saturated rings. The Labute approximate surface area is 96.8 Å². The molecule has 1 rings (SSSR count). The minimum atomic E-state index is -0.235. The molecule has 88 valence electrons. The molecule has 2 N–H and O–H groups in total. The van der Waals surface area contributed by atoms with Gasteiger partial charge in [0.25, 0.3) is 0 Å². The van der Waals surface area contributed by atoms with E-state index in [1.165, 1.54) is 5.75 Å². The standard InChI is InChI=1S/C11H22N2OS/c1-11(2,12)6-4-10(14)13(3)9-5-7-15-8-9/h9H,4-8,12H2,1-3H3. The molecule has 1 amide bonds. The summed E-state index contributed by atoms with van der Waals surface area (Å²) >= 11 is 1.93. The van der Waals surface area contributed by atoms with Gasteiger partial charge in [0.05, 0.1) is 0 Å². The van der Waals surface area contributed by atoms with Gasteiger partial charge in [-0.05, 0) is 32.4 Å². The molecular formula is C11H22N2OS. The van der Waals surface area contributed by atoms with Crippen LogP contribution in [0.3, 0.4) is 0 Å². The summed E-state index contributed by atoms with van der Waals surface area (Å²) in [5, 5.41) is 0. The van der Waals surface area contributed by atoms with Crippen LogP contribution in [0.2, 0.25) is 0 Å². The highest BCUT2D eigenvalue weighted by atomic mass is 32.2. The first-order valence-corrected chi connectivity index (χ1v) is 6.68. The fourth-order valence-electron chi connectivity index (χ4n) is 1.64. The van der Waals surface area contributed by atoms with Gasteiger partial charge < -0.3 is 10.6 Å². The third kappa shape index (κ3) is 4.43. The summed E-state index contributed by atoms with van der Waals surface area (Å²) in [6.07, 6.45) is 2.47. The van der Waals surface area contributed by atoms with Gasteiger partial charge in [0.15, 0.2) is 0 Å². The van der Waals surface area contributed by atoms with E-state index in [1.54, 1.807) is 0 Å². The zero-order valence-corrected chi connectivity index (χ0v) is 10.8. The monoisotopic (exact) mass is 230 g/mol. The molecule has 3 nitrogen and oxygen atoms in total. The summed E-state index contributed by atoms with van der Waals surface area (Å²) in [7, 11) is 1.92. The smallest absolute Gasteiger partial charge is 0.222 e. The topological polar surface area (TPSA) is 46.3 Å². The fourth-order valence-corrected chi connectivity index (χ4v) is 2.90. The quantitative estimate of drug-likeness (QED) is 0.795. The van der Waals surface area contributed by atoms with Crippen LogP contribution in [0.1, 0.15) is 33.1 Å². The Hall–Kier alpha value is -0.220. The highest BCUT2D eigenvalue weighted by Gasteiger charge is 2.24. The number of hydrogen-bond donors (Lipinski definition) is 1. The van der Waals surface area contributed by atoms with Crippen LogP contribution in [0.4, 0.5) is 0 Å². The van der Waals surface area contributed by atoms with Crippen molar-refractivity contribution >= 4 is 17.7 Å². The van der Waals surface area contributed by atoms with Gasteiger partial charge in [0.1, 0.15) is 0 Å². The van der Waals surface area contributed by atoms with Crippen LogP contribution in [0.15, 0.2) is 0 Å². The zero-order chi connectivity index (χ0) is 11.5. The lowest BCUT2D eigenvalue weighted by molar-refractivity contribution is -0.131. The third-order valence-electron chi connectivity index (χ3n) is 2.83. The highest BCUT2D eigenvalue weighted by Crippen LogP contribution is 2.22. The van der Waals surface area contributed by atoms with Crippen molar-refractivity contribution in [1.29, 1.82) is 0 Å². The van der Waals surface area contributed by atoms with Crippen LogP contribution in [-0.4, -0.2) is 40.9 Å². The Morgan fingerprint density at radius 2 is 2.27 bits per heavy atom. The van der Waals surface area contributed by atoms with Gasteiger partial charge in [-0.3, -0.25) is 4.79 Å². The van der Waals surface area contributed by atoms with Crippen LogP contribution in [0, 0.1) is 0 Å². The van der Waals surface area contributed by atoms with Crippen LogP contribution < -0.4 is 5.73 Å². The summed E-state index contributed by atoms with van der Waals surface area (Å²) < 4.78 is 0. The van der Waals surface area contributed by atoms with Crippen molar-refractivity contribution < 1.29 is 4.79 Å². The predicted octanol–water partition coefficient (Wildman–Crippen LogP) is 1.47. The molecular weight excluding hydrogens is 208 g/mol. The lowest BCUT2D eigenvalue weighted by Gasteiger charge is -2.25. The first-order chi connectivity index (χ1) is 6.90. The van der Waals surface area contributed by atoms with E-state index >= 15 is 0 Å². The first kappa shape index (κ1) is 12.8. The average Bonchev–Trinajstić information content (AvgIpc) is 2.64. The molecule has 4 heteroatoms. The molecule has 15 heavy (non-hydrogen) atoms. The molecule has 1 aliphatic rings. The highest BCUT2D eigenvalue weighted by molar-refractivity contribution is 7.99. The number of thioether (sulfide) groups is 1. The van der Waals surface area contributed by atoms with Crippen molar-refractivity contribution in [3.63, 3.8) is 0 Å². The maximum Gasteiger partial charge on any atom is 0.222 e. The van der Waals surface area contributed by atoms with Crippen LogP contribution >= 0.6 is 11.8 Å². The largest absolute Gasteiger partial charge is 0.342 e. The van der Waals surface area contributed by atoms with Gasteiger partial charge in [-0.1, -0.05) is 0 Å². The number of carbonyl (C=O) groups is 1. The Kier molecular flexibility index (Phi) is 4.46. The summed E-state index contributed by atoms with van der Waals surface area (Å²) in [6.45, 7) is 3.93. The molecule has 1 unspecified atom stereocenters. The maximum absolute atomic E-state index is 11.8. The zero-order valence-electron chi connectivity index (χ0n) is 9.95. The number of nitrogens with zero attached hydrogens (tertiary/aromatic N) is 1. The number of amides is 1. The Bertz CT molecular complexity index is 219. The van der Waals surface area contributed by atoms with Crippen molar-refractivity contribution in [2.75, 3.05) is 18.6 Å². The second kappa shape index (κ2) is 5.21. The summed E-state index contributed by atoms with van der Waals surface area (Å²) in [5.74, 6) is 2.51. The minimum absolute atomic E-state index is 0.235. The van der Waals surface area contributed by atoms with Gasteiger partial charge >= 0.3 is 0 Å². The normalized spacial score (nSPS) is 21.7. The van der Waals surface area contributed by atoms with Gasteiger partial charge in [0, 0.05) is 30.8 Å². The molecule has 1 aliphatic heterocycles. The first-order valence-electron chi connectivity index (χ1n) is 5.52. The summed E-state index contributed by atoms with van der Waals surface area (Å²) in [5.41, 5.74) is 5.63. The maximum atomic E-state index is 11.8. The minimum Gasteiger partial charge on any atom is -0.342 e.